The van der Waals surface area contributed by atoms with Crippen molar-refractivity contribution in [2.75, 3.05) is 7.11 Å². The second-order valence-electron chi connectivity index (χ2n) is 3.35. The highest BCUT2D eigenvalue weighted by Crippen LogP contribution is 2.21. The Morgan fingerprint density at radius 2 is 2.46 bits per heavy atom. The highest BCUT2D eigenvalue weighted by atomic mass is 16.5. The minimum absolute atomic E-state index is 0.437. The molecule has 1 aliphatic carbocycles. The zero-order chi connectivity index (χ0) is 9.68. The third-order valence-corrected chi connectivity index (χ3v) is 2.31. The van der Waals surface area contributed by atoms with Gasteiger partial charge in [-0.3, -0.25) is 0 Å². The van der Waals surface area contributed by atoms with Gasteiger partial charge in [-0.25, -0.2) is 4.79 Å². The van der Waals surface area contributed by atoms with Crippen LogP contribution in [0.15, 0.2) is 11.6 Å². The smallest absolute Gasteiger partial charge is 0.335 e. The number of aliphatic hydroxyl groups excluding tert-OH is 1. The highest BCUT2D eigenvalue weighted by Gasteiger charge is 2.17. The Morgan fingerprint density at radius 1 is 1.69 bits per heavy atom. The second kappa shape index (κ2) is 5.02. The molecule has 0 aromatic heterocycles. The van der Waals surface area contributed by atoms with Crippen LogP contribution in [0, 0.1) is 0 Å². The van der Waals surface area contributed by atoms with Crippen LogP contribution in [0.4, 0.5) is 0 Å². The van der Waals surface area contributed by atoms with Gasteiger partial charge >= 0.3 is 5.97 Å². The Morgan fingerprint density at radius 3 is 3.00 bits per heavy atom. The van der Waals surface area contributed by atoms with E-state index in [1.54, 1.807) is 0 Å². The summed E-state index contributed by atoms with van der Waals surface area (Å²) in [7, 11) is 1.29. The maximum atomic E-state index is 10.9. The molecule has 0 saturated heterocycles. The van der Waals surface area contributed by atoms with Crippen molar-refractivity contribution in [2.45, 2.75) is 38.2 Å². The van der Waals surface area contributed by atoms with E-state index in [9.17, 15) is 9.90 Å². The van der Waals surface area contributed by atoms with Crippen LogP contribution in [0.3, 0.4) is 0 Å². The minimum Gasteiger partial charge on any atom is -0.467 e. The minimum atomic E-state index is -0.977. The number of carbonyl (C=O) groups is 1. The first-order valence-electron chi connectivity index (χ1n) is 4.68. The second-order valence-corrected chi connectivity index (χ2v) is 3.35. The van der Waals surface area contributed by atoms with E-state index < -0.39 is 12.1 Å². The van der Waals surface area contributed by atoms with Gasteiger partial charge in [-0.05, 0) is 25.7 Å². The molecule has 0 aromatic carbocycles. The number of esters is 1. The number of carbonyl (C=O) groups excluding carboxylic acids is 1. The summed E-state index contributed by atoms with van der Waals surface area (Å²) in [4.78, 5) is 10.9. The first kappa shape index (κ1) is 10.3. The largest absolute Gasteiger partial charge is 0.467 e. The number of aliphatic hydroxyl groups is 1. The Labute approximate surface area is 78.4 Å². The Hall–Kier alpha value is -0.830. The molecule has 0 bridgehead atoms. The van der Waals surface area contributed by atoms with Crippen LogP contribution in [0.5, 0.6) is 0 Å². The average molecular weight is 184 g/mol. The monoisotopic (exact) mass is 184 g/mol. The molecule has 0 saturated carbocycles. The van der Waals surface area contributed by atoms with Crippen LogP contribution in [0.2, 0.25) is 0 Å². The third kappa shape index (κ3) is 3.19. The maximum Gasteiger partial charge on any atom is 0.335 e. The molecule has 0 heterocycles. The number of ether oxygens (including phenoxy) is 1. The molecule has 0 fully saturated rings. The van der Waals surface area contributed by atoms with Crippen molar-refractivity contribution in [1.29, 1.82) is 0 Å². The highest BCUT2D eigenvalue weighted by molar-refractivity contribution is 5.74. The summed E-state index contributed by atoms with van der Waals surface area (Å²) in [5, 5.41) is 9.35. The lowest BCUT2D eigenvalue weighted by Crippen LogP contribution is -2.22. The zero-order valence-corrected chi connectivity index (χ0v) is 7.95. The summed E-state index contributed by atoms with van der Waals surface area (Å²) in [6.45, 7) is 0. The van der Waals surface area contributed by atoms with Crippen LogP contribution < -0.4 is 0 Å². The molecular weight excluding hydrogens is 168 g/mol. The van der Waals surface area contributed by atoms with Crippen LogP contribution in [-0.2, 0) is 9.53 Å². The van der Waals surface area contributed by atoms with E-state index in [-0.39, 0.29) is 0 Å². The number of methoxy groups -OCH3 is 1. The summed E-state index contributed by atoms with van der Waals surface area (Å²) in [6.07, 6.45) is 6.05. The van der Waals surface area contributed by atoms with Crippen LogP contribution in [0.1, 0.15) is 32.1 Å². The van der Waals surface area contributed by atoms with E-state index in [0.29, 0.717) is 6.42 Å². The molecular formula is C10H16O3. The Bertz CT molecular complexity index is 208. The molecule has 0 aliphatic heterocycles. The predicted molar refractivity (Wildman–Crippen MR) is 49.2 cm³/mol. The molecule has 1 atom stereocenters. The van der Waals surface area contributed by atoms with E-state index in [1.807, 2.05) is 0 Å². The van der Waals surface area contributed by atoms with Gasteiger partial charge in [0.15, 0.2) is 6.10 Å². The fraction of sp³-hybridized carbons (Fsp3) is 0.700. The normalized spacial score (nSPS) is 19.1. The summed E-state index contributed by atoms with van der Waals surface area (Å²) >= 11 is 0. The summed E-state index contributed by atoms with van der Waals surface area (Å²) in [5.74, 6) is -0.536. The molecule has 0 radical (unpaired) electrons. The van der Waals surface area contributed by atoms with Crippen molar-refractivity contribution in [3.8, 4) is 0 Å². The third-order valence-electron chi connectivity index (χ3n) is 2.31. The zero-order valence-electron chi connectivity index (χ0n) is 7.95. The molecule has 1 N–H and O–H groups in total. The first-order chi connectivity index (χ1) is 6.24. The van der Waals surface area contributed by atoms with Crippen molar-refractivity contribution in [2.24, 2.45) is 0 Å². The van der Waals surface area contributed by atoms with Crippen molar-refractivity contribution >= 4 is 5.97 Å². The Kier molecular flexibility index (Phi) is 3.96. The molecule has 1 rings (SSSR count). The van der Waals surface area contributed by atoms with E-state index in [1.165, 1.54) is 25.5 Å². The van der Waals surface area contributed by atoms with Gasteiger partial charge in [0.2, 0.25) is 0 Å². The number of allylic oxidation sites excluding steroid dienone is 1. The predicted octanol–water partition coefficient (Wildman–Crippen LogP) is 1.41. The molecule has 3 nitrogen and oxygen atoms in total. The van der Waals surface area contributed by atoms with Crippen LogP contribution in [0.25, 0.3) is 0 Å². The van der Waals surface area contributed by atoms with Crippen molar-refractivity contribution in [3.63, 3.8) is 0 Å². The lowest BCUT2D eigenvalue weighted by molar-refractivity contribution is -0.150. The average Bonchev–Trinajstić information content (AvgIpc) is 2.18. The molecule has 3 heteroatoms. The number of hydrogen-bond donors (Lipinski definition) is 1. The summed E-state index contributed by atoms with van der Waals surface area (Å²) in [6, 6.07) is 0. The quantitative estimate of drug-likeness (QED) is 0.533. The lowest BCUT2D eigenvalue weighted by atomic mass is 9.95. The van der Waals surface area contributed by atoms with E-state index in [2.05, 4.69) is 10.8 Å². The Balaban J connectivity index is 2.38. The number of hydrogen-bond acceptors (Lipinski definition) is 3. The van der Waals surface area contributed by atoms with E-state index in [4.69, 9.17) is 0 Å². The van der Waals surface area contributed by atoms with Crippen LogP contribution in [-0.4, -0.2) is 24.3 Å². The van der Waals surface area contributed by atoms with Crippen molar-refractivity contribution < 1.29 is 14.6 Å². The lowest BCUT2D eigenvalue weighted by Gasteiger charge is -2.14. The molecule has 74 valence electrons. The summed E-state index contributed by atoms with van der Waals surface area (Å²) < 4.78 is 4.44. The fourth-order valence-corrected chi connectivity index (χ4v) is 1.56. The molecule has 0 unspecified atom stereocenters. The topological polar surface area (TPSA) is 46.5 Å². The van der Waals surface area contributed by atoms with Crippen molar-refractivity contribution in [3.05, 3.63) is 11.6 Å². The van der Waals surface area contributed by atoms with Gasteiger partial charge in [0.05, 0.1) is 7.11 Å². The molecule has 13 heavy (non-hydrogen) atoms. The molecule has 0 spiro atoms. The maximum absolute atomic E-state index is 10.9. The molecule has 0 aromatic rings. The van der Waals surface area contributed by atoms with E-state index in [0.717, 1.165) is 12.8 Å². The van der Waals surface area contributed by atoms with Gasteiger partial charge in [-0.15, -0.1) is 0 Å². The standard InChI is InChI=1S/C10H16O3/c1-13-10(12)9(11)7-8-5-3-2-4-6-8/h5,9,11H,2-4,6-7H2,1H3/t9-/m1/s1. The molecule has 1 aliphatic rings. The van der Waals surface area contributed by atoms with Gasteiger partial charge in [-0.2, -0.15) is 0 Å². The van der Waals surface area contributed by atoms with Crippen LogP contribution >= 0.6 is 0 Å². The van der Waals surface area contributed by atoms with Gasteiger partial charge in [0.1, 0.15) is 0 Å². The van der Waals surface area contributed by atoms with Gasteiger partial charge in [-0.1, -0.05) is 11.6 Å². The van der Waals surface area contributed by atoms with Gasteiger partial charge in [0, 0.05) is 6.42 Å². The van der Waals surface area contributed by atoms with E-state index >= 15 is 0 Å². The fourth-order valence-electron chi connectivity index (χ4n) is 1.56. The first-order valence-corrected chi connectivity index (χ1v) is 4.68. The number of rotatable bonds is 3. The van der Waals surface area contributed by atoms with Gasteiger partial charge < -0.3 is 9.84 Å². The van der Waals surface area contributed by atoms with Crippen molar-refractivity contribution in [1.82, 2.24) is 0 Å². The summed E-state index contributed by atoms with van der Waals surface area (Å²) in [5.41, 5.74) is 1.18. The molecule has 0 amide bonds. The van der Waals surface area contributed by atoms with Gasteiger partial charge in [0.25, 0.3) is 0 Å². The SMILES string of the molecule is COC(=O)[C@H](O)CC1=CCCCC1.